The molecule has 0 saturated heterocycles. The van der Waals surface area contributed by atoms with Crippen LogP contribution in [0.5, 0.6) is 5.75 Å². The van der Waals surface area contributed by atoms with Gasteiger partial charge in [0.05, 0.1) is 24.4 Å². The molecule has 0 amide bonds. The van der Waals surface area contributed by atoms with Crippen molar-refractivity contribution in [2.24, 2.45) is 0 Å². The molecule has 0 aliphatic heterocycles. The fraction of sp³-hybridized carbons (Fsp3) is 0.308. The monoisotopic (exact) mass is 245 g/mol. The molecule has 2 aromatic rings. The van der Waals surface area contributed by atoms with E-state index in [1.54, 1.807) is 30.9 Å². The summed E-state index contributed by atoms with van der Waals surface area (Å²) in [7, 11) is 0. The van der Waals surface area contributed by atoms with E-state index in [0.717, 1.165) is 5.69 Å². The third kappa shape index (κ3) is 2.74. The van der Waals surface area contributed by atoms with Gasteiger partial charge in [-0.05, 0) is 26.0 Å². The lowest BCUT2D eigenvalue weighted by Crippen LogP contribution is -2.07. The maximum absolute atomic E-state index is 10.5. The van der Waals surface area contributed by atoms with Crippen LogP contribution in [0.2, 0.25) is 0 Å². The van der Waals surface area contributed by atoms with Crippen LogP contribution in [0.1, 0.15) is 36.1 Å². The summed E-state index contributed by atoms with van der Waals surface area (Å²) >= 11 is 0. The van der Waals surface area contributed by atoms with Crippen LogP contribution in [0.15, 0.2) is 30.9 Å². The largest absolute Gasteiger partial charge is 0.486 e. The molecule has 0 spiro atoms. The highest BCUT2D eigenvalue weighted by atomic mass is 16.5. The van der Waals surface area contributed by atoms with Crippen LogP contribution >= 0.6 is 0 Å². The average Bonchev–Trinajstić information content (AvgIpc) is 2.85. The number of carbonyl (C=O) groups excluding carboxylic acids is 1. The van der Waals surface area contributed by atoms with Crippen LogP contribution in [0.25, 0.3) is 0 Å². The molecule has 0 aliphatic rings. The summed E-state index contributed by atoms with van der Waals surface area (Å²) in [6, 6.07) is 3.70. The molecule has 94 valence electrons. The number of ether oxygens (including phenoxy) is 1. The minimum absolute atomic E-state index is 0.349. The van der Waals surface area contributed by atoms with Gasteiger partial charge in [0.2, 0.25) is 0 Å². The van der Waals surface area contributed by atoms with Gasteiger partial charge < -0.3 is 9.30 Å². The number of aromatic nitrogens is 3. The van der Waals surface area contributed by atoms with Crippen LogP contribution < -0.4 is 4.74 Å². The zero-order valence-corrected chi connectivity index (χ0v) is 10.4. The molecule has 0 radical (unpaired) electrons. The molecular weight excluding hydrogens is 230 g/mol. The van der Waals surface area contributed by atoms with Gasteiger partial charge in [0.1, 0.15) is 18.1 Å². The Hall–Kier alpha value is -2.17. The Bertz CT molecular complexity index is 517. The molecule has 0 aliphatic carbocycles. The van der Waals surface area contributed by atoms with Crippen LogP contribution in [0.3, 0.4) is 0 Å². The van der Waals surface area contributed by atoms with Gasteiger partial charge in [-0.15, -0.1) is 0 Å². The Labute approximate surface area is 105 Å². The van der Waals surface area contributed by atoms with Gasteiger partial charge in [-0.25, -0.2) is 9.97 Å². The van der Waals surface area contributed by atoms with Crippen molar-refractivity contribution in [1.29, 1.82) is 0 Å². The molecule has 5 nitrogen and oxygen atoms in total. The Morgan fingerprint density at radius 1 is 1.39 bits per heavy atom. The Morgan fingerprint density at radius 2 is 2.22 bits per heavy atom. The lowest BCUT2D eigenvalue weighted by Gasteiger charge is -2.12. The quantitative estimate of drug-likeness (QED) is 0.758. The molecule has 2 aromatic heterocycles. The molecule has 0 N–H and O–H groups in total. The molecule has 0 bridgehead atoms. The number of hydrogen-bond acceptors (Lipinski definition) is 4. The van der Waals surface area contributed by atoms with Gasteiger partial charge >= 0.3 is 0 Å². The van der Waals surface area contributed by atoms with Crippen LogP contribution in [-0.4, -0.2) is 20.8 Å². The van der Waals surface area contributed by atoms with E-state index in [9.17, 15) is 4.79 Å². The molecule has 0 atom stereocenters. The second-order valence-electron chi connectivity index (χ2n) is 4.21. The second kappa shape index (κ2) is 5.44. The lowest BCUT2D eigenvalue weighted by atomic mass is 10.3. The summed E-state index contributed by atoms with van der Waals surface area (Å²) in [4.78, 5) is 18.5. The fourth-order valence-corrected chi connectivity index (χ4v) is 1.61. The highest BCUT2D eigenvalue weighted by molar-refractivity contribution is 5.71. The van der Waals surface area contributed by atoms with Gasteiger partial charge in [0.25, 0.3) is 0 Å². The van der Waals surface area contributed by atoms with Gasteiger partial charge in [-0.3, -0.25) is 4.79 Å². The first-order valence-electron chi connectivity index (χ1n) is 5.75. The summed E-state index contributed by atoms with van der Waals surface area (Å²) < 4.78 is 7.65. The number of hydrogen-bond donors (Lipinski definition) is 0. The first kappa shape index (κ1) is 12.3. The van der Waals surface area contributed by atoms with Gasteiger partial charge in [0.15, 0.2) is 6.29 Å². The third-order valence-corrected chi connectivity index (χ3v) is 2.57. The number of nitrogens with zero attached hydrogens (tertiary/aromatic N) is 3. The highest BCUT2D eigenvalue weighted by Crippen LogP contribution is 2.13. The van der Waals surface area contributed by atoms with E-state index >= 15 is 0 Å². The number of aldehydes is 1. The summed E-state index contributed by atoms with van der Waals surface area (Å²) in [5.41, 5.74) is 1.40. The van der Waals surface area contributed by atoms with E-state index in [1.807, 2.05) is 4.57 Å². The lowest BCUT2D eigenvalue weighted by molar-refractivity contribution is 0.111. The maximum atomic E-state index is 10.5. The minimum atomic E-state index is 0.349. The van der Waals surface area contributed by atoms with E-state index in [0.29, 0.717) is 30.4 Å². The summed E-state index contributed by atoms with van der Waals surface area (Å²) in [5.74, 6) is 0.636. The first-order valence-corrected chi connectivity index (χ1v) is 5.75. The van der Waals surface area contributed by atoms with E-state index in [2.05, 4.69) is 23.8 Å². The predicted molar refractivity (Wildman–Crippen MR) is 66.6 cm³/mol. The first-order chi connectivity index (χ1) is 8.70. The van der Waals surface area contributed by atoms with E-state index in [4.69, 9.17) is 4.74 Å². The van der Waals surface area contributed by atoms with Gasteiger partial charge in [-0.2, -0.15) is 0 Å². The second-order valence-corrected chi connectivity index (χ2v) is 4.21. The van der Waals surface area contributed by atoms with Gasteiger partial charge in [0, 0.05) is 6.04 Å². The summed E-state index contributed by atoms with van der Waals surface area (Å²) in [6.45, 7) is 4.61. The number of rotatable bonds is 5. The standard InChI is InChI=1S/C13H15N3O2/c1-10(2)16-9-14-5-12(16)8-18-13-4-3-11(7-17)15-6-13/h3-7,9-10H,8H2,1-2H3. The molecule has 0 saturated carbocycles. The van der Waals surface area contributed by atoms with Crippen LogP contribution in [0, 0.1) is 0 Å². The molecule has 0 fully saturated rings. The Balaban J connectivity index is 2.02. The topological polar surface area (TPSA) is 57.0 Å². The van der Waals surface area contributed by atoms with E-state index < -0.39 is 0 Å². The minimum Gasteiger partial charge on any atom is -0.486 e. The smallest absolute Gasteiger partial charge is 0.168 e. The van der Waals surface area contributed by atoms with Crippen molar-refractivity contribution in [2.45, 2.75) is 26.5 Å². The Morgan fingerprint density at radius 3 is 2.83 bits per heavy atom. The fourth-order valence-electron chi connectivity index (χ4n) is 1.61. The SMILES string of the molecule is CC(C)n1cncc1COc1ccc(C=O)nc1. The number of pyridine rings is 1. The predicted octanol–water partition coefficient (Wildman–Crippen LogP) is 2.25. The number of imidazole rings is 1. The molecule has 2 rings (SSSR count). The van der Waals surface area contributed by atoms with Crippen molar-refractivity contribution < 1.29 is 9.53 Å². The summed E-state index contributed by atoms with van der Waals surface area (Å²) in [6.07, 6.45) is 5.82. The zero-order chi connectivity index (χ0) is 13.0. The Kier molecular flexibility index (Phi) is 3.72. The van der Waals surface area contributed by atoms with Gasteiger partial charge in [-0.1, -0.05) is 0 Å². The van der Waals surface area contributed by atoms with Crippen molar-refractivity contribution in [3.8, 4) is 5.75 Å². The van der Waals surface area contributed by atoms with Crippen molar-refractivity contribution in [1.82, 2.24) is 14.5 Å². The average molecular weight is 245 g/mol. The molecule has 0 unspecified atom stereocenters. The normalized spacial score (nSPS) is 10.6. The molecule has 2 heterocycles. The van der Waals surface area contributed by atoms with E-state index in [-0.39, 0.29) is 0 Å². The molecule has 18 heavy (non-hydrogen) atoms. The van der Waals surface area contributed by atoms with Crippen LogP contribution in [0.4, 0.5) is 0 Å². The van der Waals surface area contributed by atoms with Crippen LogP contribution in [-0.2, 0) is 6.61 Å². The number of carbonyl (C=O) groups is 1. The highest BCUT2D eigenvalue weighted by Gasteiger charge is 2.06. The molecule has 5 heteroatoms. The molecular formula is C13H15N3O2. The maximum Gasteiger partial charge on any atom is 0.168 e. The van der Waals surface area contributed by atoms with Crippen molar-refractivity contribution in [3.63, 3.8) is 0 Å². The van der Waals surface area contributed by atoms with Crippen molar-refractivity contribution in [2.75, 3.05) is 0 Å². The molecule has 0 aromatic carbocycles. The van der Waals surface area contributed by atoms with Crippen molar-refractivity contribution in [3.05, 3.63) is 42.2 Å². The van der Waals surface area contributed by atoms with Crippen molar-refractivity contribution >= 4 is 6.29 Å². The van der Waals surface area contributed by atoms with E-state index in [1.165, 1.54) is 0 Å². The zero-order valence-electron chi connectivity index (χ0n) is 10.4. The summed E-state index contributed by atoms with van der Waals surface area (Å²) in [5, 5.41) is 0. The third-order valence-electron chi connectivity index (χ3n) is 2.57.